The number of aliphatic hydroxyl groups is 1. The molecular weight excluding hydrogens is 759 g/mol. The molecular formula is C44H59N5O8S. The number of fused-ring (bicyclic) bond motifs is 1. The third kappa shape index (κ3) is 12.3. The average Bonchev–Trinajstić information content (AvgIpc) is 3.89. The molecule has 0 bridgehead atoms. The molecule has 1 fully saturated rings. The highest BCUT2D eigenvalue weighted by atomic mass is 32.1. The number of carbonyl (C=O) groups is 5. The Morgan fingerprint density at radius 3 is 2.12 bits per heavy atom. The second-order valence-electron chi connectivity index (χ2n) is 16.2. The smallest absolute Gasteiger partial charge is 0.261 e. The normalized spacial score (nSPS) is 17.1. The van der Waals surface area contributed by atoms with Crippen LogP contribution in [-0.4, -0.2) is 107 Å². The summed E-state index contributed by atoms with van der Waals surface area (Å²) >= 11 is 1.58. The molecule has 3 aromatic rings. The molecule has 3 heterocycles. The first-order chi connectivity index (χ1) is 27.8. The number of hydrogen-bond donors (Lipinski definition) is 3. The number of imide groups is 1. The first-order valence-electron chi connectivity index (χ1n) is 20.5. The SMILES string of the molecule is Cc1ncsc1-c1ccc(CNC(=O)[C@@H]2C[C@@H](O)CN2C(=O)[C@@H](NC(=O)CCCCCCCCCOCCOCCN2C(=O)c3ccccc3C2=O)C(C)(C)C)cc1. The third-order valence-corrected chi connectivity index (χ3v) is 11.6. The molecule has 0 aliphatic carbocycles. The topological polar surface area (TPSA) is 167 Å². The minimum Gasteiger partial charge on any atom is -0.391 e. The summed E-state index contributed by atoms with van der Waals surface area (Å²) in [6.07, 6.45) is 6.36. The third-order valence-electron chi connectivity index (χ3n) is 10.6. The van der Waals surface area contributed by atoms with Crippen molar-refractivity contribution in [3.8, 4) is 10.4 Å². The maximum atomic E-state index is 13.9. The van der Waals surface area contributed by atoms with Crippen LogP contribution < -0.4 is 10.6 Å². The molecule has 1 aromatic heterocycles. The number of benzene rings is 2. The number of aromatic nitrogens is 1. The van der Waals surface area contributed by atoms with Gasteiger partial charge in [-0.3, -0.25) is 28.9 Å². The van der Waals surface area contributed by atoms with Gasteiger partial charge >= 0.3 is 0 Å². The van der Waals surface area contributed by atoms with Crippen LogP contribution in [-0.2, 0) is 30.4 Å². The number of β-amino-alcohol motifs (C(OH)–C–C–N with tert-alkyl or cyclic N) is 1. The first-order valence-corrected chi connectivity index (χ1v) is 21.4. The molecule has 0 spiro atoms. The summed E-state index contributed by atoms with van der Waals surface area (Å²) in [6.45, 7) is 9.92. The maximum absolute atomic E-state index is 13.9. The van der Waals surface area contributed by atoms with Gasteiger partial charge in [0.05, 0.1) is 59.7 Å². The Balaban J connectivity index is 0.914. The van der Waals surface area contributed by atoms with Gasteiger partial charge in [-0.05, 0) is 48.4 Å². The highest BCUT2D eigenvalue weighted by molar-refractivity contribution is 7.13. The lowest BCUT2D eigenvalue weighted by atomic mass is 9.85. The lowest BCUT2D eigenvalue weighted by Gasteiger charge is -2.35. The molecule has 1 saturated heterocycles. The fourth-order valence-electron chi connectivity index (χ4n) is 7.31. The van der Waals surface area contributed by atoms with E-state index in [2.05, 4.69) is 15.6 Å². The molecule has 2 aromatic carbocycles. The Morgan fingerprint density at radius 2 is 1.50 bits per heavy atom. The number of unbranched alkanes of at least 4 members (excludes halogenated alkanes) is 6. The summed E-state index contributed by atoms with van der Waals surface area (Å²) in [5.74, 6) is -1.45. The average molecular weight is 818 g/mol. The van der Waals surface area contributed by atoms with Gasteiger partial charge in [0.25, 0.3) is 11.8 Å². The Kier molecular flexibility index (Phi) is 16.5. The van der Waals surface area contributed by atoms with E-state index in [9.17, 15) is 29.1 Å². The van der Waals surface area contributed by atoms with Crippen molar-refractivity contribution < 1.29 is 38.6 Å². The maximum Gasteiger partial charge on any atom is 0.261 e. The molecule has 5 rings (SSSR count). The van der Waals surface area contributed by atoms with E-state index in [1.807, 2.05) is 57.5 Å². The van der Waals surface area contributed by atoms with Crippen LogP contribution >= 0.6 is 11.3 Å². The number of thiazole rings is 1. The fourth-order valence-corrected chi connectivity index (χ4v) is 8.12. The molecule has 2 aliphatic heterocycles. The summed E-state index contributed by atoms with van der Waals surface area (Å²) in [6, 6.07) is 13.1. The van der Waals surface area contributed by atoms with Crippen molar-refractivity contribution in [1.82, 2.24) is 25.4 Å². The number of likely N-dealkylation sites (tertiary alicyclic amines) is 1. The van der Waals surface area contributed by atoms with Crippen LogP contribution in [0.2, 0.25) is 0 Å². The number of nitrogens with zero attached hydrogens (tertiary/aromatic N) is 3. The van der Waals surface area contributed by atoms with Crippen molar-refractivity contribution in [3.05, 3.63) is 76.4 Å². The number of nitrogens with one attached hydrogen (secondary N) is 2. The van der Waals surface area contributed by atoms with Gasteiger partial charge in [-0.2, -0.15) is 0 Å². The minimum atomic E-state index is -0.845. The summed E-state index contributed by atoms with van der Waals surface area (Å²) in [5.41, 5.74) is 5.04. The Labute approximate surface area is 345 Å². The van der Waals surface area contributed by atoms with Gasteiger partial charge in [-0.15, -0.1) is 11.3 Å². The number of aliphatic hydroxyl groups excluding tert-OH is 1. The summed E-state index contributed by atoms with van der Waals surface area (Å²) in [7, 11) is 0. The lowest BCUT2D eigenvalue weighted by Crippen LogP contribution is -2.57. The Hall–Kier alpha value is -4.50. The predicted octanol–water partition coefficient (Wildman–Crippen LogP) is 5.68. The minimum absolute atomic E-state index is 0.0339. The van der Waals surface area contributed by atoms with Crippen molar-refractivity contribution in [2.24, 2.45) is 5.41 Å². The van der Waals surface area contributed by atoms with Crippen LogP contribution in [0.1, 0.15) is 111 Å². The van der Waals surface area contributed by atoms with Crippen LogP contribution in [0.15, 0.2) is 54.0 Å². The van der Waals surface area contributed by atoms with Crippen LogP contribution in [0.25, 0.3) is 10.4 Å². The van der Waals surface area contributed by atoms with Gasteiger partial charge in [-0.1, -0.05) is 89.3 Å². The molecule has 3 N–H and O–H groups in total. The van der Waals surface area contributed by atoms with E-state index in [1.54, 1.807) is 35.6 Å². The number of amides is 5. The number of rotatable bonds is 22. The highest BCUT2D eigenvalue weighted by Gasteiger charge is 2.44. The largest absolute Gasteiger partial charge is 0.391 e. The van der Waals surface area contributed by atoms with Crippen LogP contribution in [0.4, 0.5) is 0 Å². The highest BCUT2D eigenvalue weighted by Crippen LogP contribution is 2.29. The molecule has 3 atom stereocenters. The Bertz CT molecular complexity index is 1820. The van der Waals surface area contributed by atoms with Gasteiger partial charge < -0.3 is 30.1 Å². The van der Waals surface area contributed by atoms with E-state index >= 15 is 0 Å². The molecule has 0 unspecified atom stereocenters. The Morgan fingerprint density at radius 1 is 0.879 bits per heavy atom. The van der Waals surface area contributed by atoms with Crippen molar-refractivity contribution in [2.75, 3.05) is 39.5 Å². The van der Waals surface area contributed by atoms with Crippen LogP contribution in [0, 0.1) is 12.3 Å². The van der Waals surface area contributed by atoms with E-state index in [0.717, 1.165) is 60.2 Å². The number of aryl methyl sites for hydroxylation is 1. The van der Waals surface area contributed by atoms with Crippen LogP contribution in [0.3, 0.4) is 0 Å². The fraction of sp³-hybridized carbons (Fsp3) is 0.545. The molecule has 0 saturated carbocycles. The van der Waals surface area contributed by atoms with Gasteiger partial charge in [0.2, 0.25) is 17.7 Å². The standard InChI is InChI=1S/C44H59N5O8S/c1-30-38(58-29-46-30)32-19-17-31(18-20-32)27-45-40(52)36-26-33(50)28-49(36)43(55)39(44(2,3)4)47-37(51)16-10-8-6-5-7-9-13-22-56-24-25-57-23-21-48-41(53)34-14-11-12-15-35(34)42(48)54/h11-12,14-15,17-20,29,33,36,39,50H,5-10,13,16,21-28H2,1-4H3,(H,45,52)(H,47,51)/t33-,36+,39-/m1/s1. The van der Waals surface area contributed by atoms with Crippen molar-refractivity contribution in [1.29, 1.82) is 0 Å². The predicted molar refractivity (Wildman–Crippen MR) is 222 cm³/mol. The molecule has 13 nitrogen and oxygen atoms in total. The van der Waals surface area contributed by atoms with Gasteiger partial charge in [0.15, 0.2) is 0 Å². The quantitative estimate of drug-likeness (QED) is 0.0855. The van der Waals surface area contributed by atoms with Gasteiger partial charge in [0, 0.05) is 32.5 Å². The zero-order chi connectivity index (χ0) is 41.7. The molecule has 58 heavy (non-hydrogen) atoms. The zero-order valence-corrected chi connectivity index (χ0v) is 35.1. The van der Waals surface area contributed by atoms with E-state index < -0.39 is 23.6 Å². The van der Waals surface area contributed by atoms with E-state index in [-0.39, 0.29) is 62.2 Å². The lowest BCUT2D eigenvalue weighted by molar-refractivity contribution is -0.144. The van der Waals surface area contributed by atoms with Gasteiger partial charge in [0.1, 0.15) is 12.1 Å². The van der Waals surface area contributed by atoms with Crippen molar-refractivity contribution >= 4 is 40.9 Å². The molecule has 2 aliphatic rings. The second-order valence-corrected chi connectivity index (χ2v) is 17.1. The van der Waals surface area contributed by atoms with E-state index in [0.29, 0.717) is 43.8 Å². The zero-order valence-electron chi connectivity index (χ0n) is 34.3. The number of ether oxygens (including phenoxy) is 2. The van der Waals surface area contributed by atoms with E-state index in [4.69, 9.17) is 9.47 Å². The van der Waals surface area contributed by atoms with Crippen LogP contribution in [0.5, 0.6) is 0 Å². The molecule has 314 valence electrons. The molecule has 5 amide bonds. The summed E-state index contributed by atoms with van der Waals surface area (Å²) in [5, 5.41) is 16.4. The monoisotopic (exact) mass is 817 g/mol. The summed E-state index contributed by atoms with van der Waals surface area (Å²) in [4.78, 5) is 73.2. The van der Waals surface area contributed by atoms with Crippen molar-refractivity contribution in [2.45, 2.75) is 110 Å². The van der Waals surface area contributed by atoms with E-state index in [1.165, 1.54) is 9.80 Å². The first kappa shape index (κ1) is 44.6. The second kappa shape index (κ2) is 21.5. The molecule has 0 radical (unpaired) electrons. The number of carbonyl (C=O) groups excluding carboxylic acids is 5. The number of hydrogen-bond acceptors (Lipinski definition) is 10. The molecule has 14 heteroatoms. The van der Waals surface area contributed by atoms with Gasteiger partial charge in [-0.25, -0.2) is 4.98 Å². The summed E-state index contributed by atoms with van der Waals surface area (Å²) < 4.78 is 11.2. The van der Waals surface area contributed by atoms with Crippen molar-refractivity contribution in [3.63, 3.8) is 0 Å².